The molecule has 0 bridgehead atoms. The Kier molecular flexibility index (Phi) is 2.79. The molecule has 1 nitrogen and oxygen atoms in total. The van der Waals surface area contributed by atoms with Crippen LogP contribution in [0.4, 0.5) is 4.39 Å². The Labute approximate surface area is 96.3 Å². The summed E-state index contributed by atoms with van der Waals surface area (Å²) >= 11 is 0. The average Bonchev–Trinajstić information content (AvgIpc) is 2.45. The molecule has 1 saturated carbocycles. The molecule has 1 fully saturated rings. The molecule has 88 valence electrons. The molecular formula is C14H19FO. The Bertz CT molecular complexity index is 390. The molecule has 16 heavy (non-hydrogen) atoms. The molecule has 1 aromatic carbocycles. The van der Waals surface area contributed by atoms with Crippen molar-refractivity contribution >= 4 is 0 Å². The Balaban J connectivity index is 2.55. The minimum Gasteiger partial charge on any atom is -0.385 e. The number of aliphatic hydroxyl groups is 1. The molecule has 1 aliphatic rings. The van der Waals surface area contributed by atoms with E-state index in [1.165, 1.54) is 6.07 Å². The Hall–Kier alpha value is -0.890. The van der Waals surface area contributed by atoms with E-state index in [9.17, 15) is 9.50 Å². The highest BCUT2D eigenvalue weighted by Crippen LogP contribution is 2.45. The second-order valence-electron chi connectivity index (χ2n) is 5.16. The largest absolute Gasteiger partial charge is 0.385 e. The molecule has 0 heterocycles. The van der Waals surface area contributed by atoms with Crippen LogP contribution < -0.4 is 0 Å². The highest BCUT2D eigenvalue weighted by molar-refractivity contribution is 5.37. The first kappa shape index (κ1) is 11.6. The van der Waals surface area contributed by atoms with Gasteiger partial charge in [0.2, 0.25) is 0 Å². The number of hydrogen-bond acceptors (Lipinski definition) is 1. The van der Waals surface area contributed by atoms with E-state index in [1.807, 2.05) is 26.8 Å². The van der Waals surface area contributed by atoms with Crippen LogP contribution in [0.15, 0.2) is 12.1 Å². The lowest BCUT2D eigenvalue weighted by Crippen LogP contribution is -2.30. The minimum atomic E-state index is -0.956. The summed E-state index contributed by atoms with van der Waals surface area (Å²) in [7, 11) is 0. The van der Waals surface area contributed by atoms with Crippen LogP contribution in [0.5, 0.6) is 0 Å². The number of rotatable bonds is 1. The van der Waals surface area contributed by atoms with Crippen molar-refractivity contribution in [3.8, 4) is 0 Å². The first-order chi connectivity index (χ1) is 7.45. The van der Waals surface area contributed by atoms with Crippen LogP contribution in [0.2, 0.25) is 0 Å². The number of hydrogen-bond donors (Lipinski definition) is 1. The van der Waals surface area contributed by atoms with Crippen LogP contribution in [0.1, 0.15) is 42.9 Å². The van der Waals surface area contributed by atoms with Crippen molar-refractivity contribution in [1.82, 2.24) is 0 Å². The summed E-state index contributed by atoms with van der Waals surface area (Å²) in [5.41, 5.74) is 1.34. The highest BCUT2D eigenvalue weighted by atomic mass is 19.1. The predicted molar refractivity (Wildman–Crippen MR) is 62.8 cm³/mol. The topological polar surface area (TPSA) is 20.2 Å². The zero-order valence-electron chi connectivity index (χ0n) is 10.2. The molecule has 0 radical (unpaired) electrons. The van der Waals surface area contributed by atoms with Gasteiger partial charge in [-0.3, -0.25) is 0 Å². The van der Waals surface area contributed by atoms with Crippen molar-refractivity contribution in [2.75, 3.05) is 0 Å². The van der Waals surface area contributed by atoms with E-state index in [0.717, 1.165) is 24.0 Å². The van der Waals surface area contributed by atoms with Gasteiger partial charge >= 0.3 is 0 Å². The number of halogens is 1. The Morgan fingerprint density at radius 3 is 2.56 bits per heavy atom. The molecule has 0 aliphatic heterocycles. The van der Waals surface area contributed by atoms with Gasteiger partial charge < -0.3 is 5.11 Å². The van der Waals surface area contributed by atoms with Crippen molar-refractivity contribution in [2.24, 2.45) is 5.92 Å². The zero-order valence-corrected chi connectivity index (χ0v) is 10.2. The summed E-state index contributed by atoms with van der Waals surface area (Å²) in [6.07, 6.45) is 2.63. The average molecular weight is 222 g/mol. The van der Waals surface area contributed by atoms with E-state index < -0.39 is 5.60 Å². The molecule has 2 unspecified atom stereocenters. The standard InChI is InChI=1S/C14H19FO/c1-9-7-10(2)13(12(15)8-9)14(16)6-4-5-11(14)3/h7-8,11,16H,4-6H2,1-3H3. The van der Waals surface area contributed by atoms with Gasteiger partial charge in [0.25, 0.3) is 0 Å². The van der Waals surface area contributed by atoms with E-state index >= 15 is 0 Å². The third-order valence-corrected chi connectivity index (χ3v) is 3.87. The molecular weight excluding hydrogens is 203 g/mol. The predicted octanol–water partition coefficient (Wildman–Crippen LogP) is 3.45. The summed E-state index contributed by atoms with van der Waals surface area (Å²) < 4.78 is 14.0. The summed E-state index contributed by atoms with van der Waals surface area (Å²) in [5, 5.41) is 10.6. The minimum absolute atomic E-state index is 0.142. The van der Waals surface area contributed by atoms with Crippen LogP contribution in [0.3, 0.4) is 0 Å². The van der Waals surface area contributed by atoms with Gasteiger partial charge in [-0.2, -0.15) is 0 Å². The fraction of sp³-hybridized carbons (Fsp3) is 0.571. The van der Waals surface area contributed by atoms with E-state index in [2.05, 4.69) is 0 Å². The van der Waals surface area contributed by atoms with Gasteiger partial charge in [-0.25, -0.2) is 4.39 Å². The molecule has 1 aromatic rings. The number of benzene rings is 1. The lowest BCUT2D eigenvalue weighted by molar-refractivity contribution is 0.000585. The Morgan fingerprint density at radius 2 is 2.06 bits per heavy atom. The molecule has 1 aliphatic carbocycles. The second kappa shape index (κ2) is 3.85. The van der Waals surface area contributed by atoms with Gasteiger partial charge in [-0.05, 0) is 56.2 Å². The smallest absolute Gasteiger partial charge is 0.129 e. The maximum Gasteiger partial charge on any atom is 0.129 e. The molecule has 0 spiro atoms. The van der Waals surface area contributed by atoms with E-state index in [0.29, 0.717) is 12.0 Å². The fourth-order valence-corrected chi connectivity index (χ4v) is 3.00. The first-order valence-electron chi connectivity index (χ1n) is 5.95. The summed E-state index contributed by atoms with van der Waals surface area (Å²) in [5.74, 6) is -0.114. The van der Waals surface area contributed by atoms with Crippen LogP contribution in [-0.2, 0) is 5.60 Å². The van der Waals surface area contributed by atoms with Crippen molar-refractivity contribution in [3.05, 3.63) is 34.6 Å². The normalized spacial score (nSPS) is 29.7. The molecule has 2 atom stereocenters. The van der Waals surface area contributed by atoms with E-state index in [1.54, 1.807) is 0 Å². The Morgan fingerprint density at radius 1 is 1.38 bits per heavy atom. The summed E-state index contributed by atoms with van der Waals surface area (Å²) in [6.45, 7) is 5.77. The van der Waals surface area contributed by atoms with E-state index in [4.69, 9.17) is 0 Å². The summed E-state index contributed by atoms with van der Waals surface area (Å²) in [6, 6.07) is 3.47. The third-order valence-electron chi connectivity index (χ3n) is 3.87. The van der Waals surface area contributed by atoms with E-state index in [-0.39, 0.29) is 11.7 Å². The highest BCUT2D eigenvalue weighted by Gasteiger charge is 2.42. The lowest BCUT2D eigenvalue weighted by atomic mass is 9.82. The monoisotopic (exact) mass is 222 g/mol. The van der Waals surface area contributed by atoms with Gasteiger partial charge in [0.05, 0.1) is 5.60 Å². The van der Waals surface area contributed by atoms with Crippen LogP contribution in [0.25, 0.3) is 0 Å². The molecule has 1 N–H and O–H groups in total. The quantitative estimate of drug-likeness (QED) is 0.771. The maximum atomic E-state index is 14.0. The third kappa shape index (κ3) is 1.65. The van der Waals surface area contributed by atoms with Gasteiger partial charge in [0, 0.05) is 5.56 Å². The maximum absolute atomic E-state index is 14.0. The molecule has 0 aromatic heterocycles. The number of aryl methyl sites for hydroxylation is 2. The molecule has 2 heteroatoms. The SMILES string of the molecule is Cc1cc(C)c(C2(O)CCCC2C)c(F)c1. The van der Waals surface area contributed by atoms with Crippen molar-refractivity contribution < 1.29 is 9.50 Å². The molecule has 0 amide bonds. The zero-order chi connectivity index (χ0) is 11.9. The van der Waals surface area contributed by atoms with Gasteiger partial charge in [0.15, 0.2) is 0 Å². The second-order valence-corrected chi connectivity index (χ2v) is 5.16. The molecule has 2 rings (SSSR count). The lowest BCUT2D eigenvalue weighted by Gasteiger charge is -2.30. The van der Waals surface area contributed by atoms with Gasteiger partial charge in [-0.1, -0.05) is 13.0 Å². The van der Waals surface area contributed by atoms with Crippen molar-refractivity contribution in [1.29, 1.82) is 0 Å². The van der Waals surface area contributed by atoms with Crippen LogP contribution >= 0.6 is 0 Å². The van der Waals surface area contributed by atoms with Crippen molar-refractivity contribution in [3.63, 3.8) is 0 Å². The van der Waals surface area contributed by atoms with Crippen LogP contribution in [0, 0.1) is 25.6 Å². The van der Waals surface area contributed by atoms with Crippen molar-refractivity contribution in [2.45, 2.75) is 45.6 Å². The van der Waals surface area contributed by atoms with Gasteiger partial charge in [-0.15, -0.1) is 0 Å². The van der Waals surface area contributed by atoms with Crippen LogP contribution in [-0.4, -0.2) is 5.11 Å². The molecule has 0 saturated heterocycles. The first-order valence-corrected chi connectivity index (χ1v) is 5.95. The summed E-state index contributed by atoms with van der Waals surface area (Å²) in [4.78, 5) is 0. The van der Waals surface area contributed by atoms with Gasteiger partial charge in [0.1, 0.15) is 5.82 Å². The fourth-order valence-electron chi connectivity index (χ4n) is 3.00.